The van der Waals surface area contributed by atoms with E-state index in [-0.39, 0.29) is 18.4 Å². The first-order valence-corrected chi connectivity index (χ1v) is 5.90. The first-order valence-electron chi connectivity index (χ1n) is 5.90. The Morgan fingerprint density at radius 1 is 1.50 bits per heavy atom. The van der Waals surface area contributed by atoms with E-state index < -0.39 is 0 Å². The molecule has 5 nitrogen and oxygen atoms in total. The van der Waals surface area contributed by atoms with Crippen molar-refractivity contribution in [1.29, 1.82) is 0 Å². The van der Waals surface area contributed by atoms with E-state index in [0.29, 0.717) is 23.7 Å². The first-order chi connectivity index (χ1) is 8.74. The molecule has 5 heteroatoms. The molecule has 0 spiro atoms. The van der Waals surface area contributed by atoms with Crippen LogP contribution in [0.3, 0.4) is 0 Å². The van der Waals surface area contributed by atoms with Gasteiger partial charge in [-0.15, -0.1) is 0 Å². The van der Waals surface area contributed by atoms with Gasteiger partial charge in [0.2, 0.25) is 0 Å². The van der Waals surface area contributed by atoms with Gasteiger partial charge >= 0.3 is 0 Å². The van der Waals surface area contributed by atoms with Crippen molar-refractivity contribution >= 4 is 5.78 Å². The Kier molecular flexibility index (Phi) is 4.17. The third-order valence-corrected chi connectivity index (χ3v) is 2.85. The largest absolute Gasteiger partial charge is 0.493 e. The molecule has 1 aliphatic heterocycles. The topological polar surface area (TPSA) is 70.8 Å². The average Bonchev–Trinajstić information content (AvgIpc) is 2.91. The van der Waals surface area contributed by atoms with Crippen LogP contribution in [0.1, 0.15) is 16.8 Å². The van der Waals surface area contributed by atoms with Crippen molar-refractivity contribution in [2.75, 3.05) is 26.9 Å². The van der Waals surface area contributed by atoms with Gasteiger partial charge in [-0.05, 0) is 18.2 Å². The van der Waals surface area contributed by atoms with Crippen LogP contribution in [0.4, 0.5) is 0 Å². The van der Waals surface area contributed by atoms with Gasteiger partial charge in [0.25, 0.3) is 0 Å². The van der Waals surface area contributed by atoms with E-state index in [2.05, 4.69) is 0 Å². The van der Waals surface area contributed by atoms with Gasteiger partial charge in [0.05, 0.1) is 26.9 Å². The van der Waals surface area contributed by atoms with E-state index in [1.165, 1.54) is 0 Å². The molecule has 1 aliphatic rings. The predicted molar refractivity (Wildman–Crippen MR) is 66.2 cm³/mol. The molecule has 0 bridgehead atoms. The van der Waals surface area contributed by atoms with Crippen LogP contribution < -0.4 is 15.2 Å². The summed E-state index contributed by atoms with van der Waals surface area (Å²) >= 11 is 0. The number of rotatable bonds is 5. The number of hydrogen-bond donors (Lipinski definition) is 1. The number of Topliss-reactive ketones (excluding diaryl/α,β-unsaturated/α-hetero) is 1. The van der Waals surface area contributed by atoms with E-state index >= 15 is 0 Å². The Morgan fingerprint density at radius 3 is 2.94 bits per heavy atom. The summed E-state index contributed by atoms with van der Waals surface area (Å²) < 4.78 is 16.3. The van der Waals surface area contributed by atoms with Crippen LogP contribution in [0.25, 0.3) is 0 Å². The number of benzene rings is 1. The Labute approximate surface area is 106 Å². The Balaban J connectivity index is 2.17. The molecule has 0 saturated carbocycles. The van der Waals surface area contributed by atoms with Crippen molar-refractivity contribution in [3.05, 3.63) is 23.8 Å². The lowest BCUT2D eigenvalue weighted by molar-refractivity contribution is 0.100. The zero-order chi connectivity index (χ0) is 13.0. The molecule has 2 rings (SSSR count). The second-order valence-electron chi connectivity index (χ2n) is 4.10. The Bertz CT molecular complexity index is 427. The van der Waals surface area contributed by atoms with Crippen molar-refractivity contribution in [1.82, 2.24) is 0 Å². The molecule has 1 heterocycles. The number of methoxy groups -OCH3 is 1. The summed E-state index contributed by atoms with van der Waals surface area (Å²) in [5, 5.41) is 0. The third-order valence-electron chi connectivity index (χ3n) is 2.85. The number of ketones is 1. The van der Waals surface area contributed by atoms with E-state index in [1.54, 1.807) is 25.3 Å². The molecule has 1 atom stereocenters. The Morgan fingerprint density at radius 2 is 2.33 bits per heavy atom. The van der Waals surface area contributed by atoms with Crippen LogP contribution >= 0.6 is 0 Å². The second-order valence-corrected chi connectivity index (χ2v) is 4.10. The smallest absolute Gasteiger partial charge is 0.176 e. The lowest BCUT2D eigenvalue weighted by Crippen LogP contribution is -2.17. The van der Waals surface area contributed by atoms with Gasteiger partial charge in [-0.3, -0.25) is 4.79 Å². The molecular weight excluding hydrogens is 234 g/mol. The summed E-state index contributed by atoms with van der Waals surface area (Å²) in [4.78, 5) is 11.5. The average molecular weight is 251 g/mol. The lowest BCUT2D eigenvalue weighted by atomic mass is 10.1. The fourth-order valence-electron chi connectivity index (χ4n) is 1.84. The first kappa shape index (κ1) is 12.9. The van der Waals surface area contributed by atoms with Crippen LogP contribution in [0.15, 0.2) is 18.2 Å². The maximum Gasteiger partial charge on any atom is 0.176 e. The lowest BCUT2D eigenvalue weighted by Gasteiger charge is -2.15. The number of nitrogens with two attached hydrogens (primary N) is 1. The molecule has 1 aromatic rings. The SMILES string of the molecule is COc1cc(C(=O)CN)ccc1OC1CCOC1. The zero-order valence-electron chi connectivity index (χ0n) is 10.3. The summed E-state index contributed by atoms with van der Waals surface area (Å²) in [6.45, 7) is 1.29. The van der Waals surface area contributed by atoms with E-state index in [1.807, 2.05) is 0 Å². The summed E-state index contributed by atoms with van der Waals surface area (Å²) in [6.07, 6.45) is 0.919. The van der Waals surface area contributed by atoms with Crippen LogP contribution in [0, 0.1) is 0 Å². The molecule has 18 heavy (non-hydrogen) atoms. The molecule has 0 aliphatic carbocycles. The van der Waals surface area contributed by atoms with Crippen LogP contribution in [-0.4, -0.2) is 38.8 Å². The molecule has 1 aromatic carbocycles. The van der Waals surface area contributed by atoms with Gasteiger partial charge in [-0.1, -0.05) is 0 Å². The minimum atomic E-state index is -0.121. The van der Waals surface area contributed by atoms with Gasteiger partial charge in [0, 0.05) is 12.0 Å². The molecule has 0 aromatic heterocycles. The quantitative estimate of drug-likeness (QED) is 0.791. The standard InChI is InChI=1S/C13H17NO4/c1-16-13-6-9(11(15)7-14)2-3-12(13)18-10-4-5-17-8-10/h2-3,6,10H,4-5,7-8,14H2,1H3. The highest BCUT2D eigenvalue weighted by Gasteiger charge is 2.19. The molecule has 1 unspecified atom stereocenters. The maximum atomic E-state index is 11.5. The minimum absolute atomic E-state index is 0.0141. The predicted octanol–water partition coefficient (Wildman–Crippen LogP) is 1.00. The van der Waals surface area contributed by atoms with Crippen molar-refractivity contribution in [3.8, 4) is 11.5 Å². The van der Waals surface area contributed by atoms with E-state index in [4.69, 9.17) is 19.9 Å². The number of ether oxygens (including phenoxy) is 3. The molecule has 0 amide bonds. The van der Waals surface area contributed by atoms with Gasteiger partial charge in [-0.25, -0.2) is 0 Å². The van der Waals surface area contributed by atoms with E-state index in [0.717, 1.165) is 13.0 Å². The summed E-state index contributed by atoms with van der Waals surface area (Å²) in [5.74, 6) is 1.05. The second kappa shape index (κ2) is 5.84. The number of carbonyl (C=O) groups is 1. The summed E-state index contributed by atoms with van der Waals surface area (Å²) in [5.41, 5.74) is 5.86. The Hall–Kier alpha value is -1.59. The number of hydrogen-bond acceptors (Lipinski definition) is 5. The summed E-state index contributed by atoms with van der Waals surface area (Å²) in [6, 6.07) is 5.09. The van der Waals surface area contributed by atoms with Crippen molar-refractivity contribution in [2.45, 2.75) is 12.5 Å². The van der Waals surface area contributed by atoms with Gasteiger partial charge in [-0.2, -0.15) is 0 Å². The van der Waals surface area contributed by atoms with Gasteiger partial charge in [0.15, 0.2) is 17.3 Å². The highest BCUT2D eigenvalue weighted by Crippen LogP contribution is 2.30. The monoisotopic (exact) mass is 251 g/mol. The molecule has 98 valence electrons. The fraction of sp³-hybridized carbons (Fsp3) is 0.462. The maximum absolute atomic E-state index is 11.5. The summed E-state index contributed by atoms with van der Waals surface area (Å²) in [7, 11) is 1.55. The van der Waals surface area contributed by atoms with Crippen molar-refractivity contribution in [2.24, 2.45) is 5.73 Å². The third kappa shape index (κ3) is 2.80. The molecule has 1 saturated heterocycles. The van der Waals surface area contributed by atoms with Gasteiger partial charge < -0.3 is 19.9 Å². The van der Waals surface area contributed by atoms with Crippen molar-refractivity contribution < 1.29 is 19.0 Å². The van der Waals surface area contributed by atoms with Crippen LogP contribution in [0.2, 0.25) is 0 Å². The van der Waals surface area contributed by atoms with Crippen LogP contribution in [0.5, 0.6) is 11.5 Å². The minimum Gasteiger partial charge on any atom is -0.493 e. The van der Waals surface area contributed by atoms with Gasteiger partial charge in [0.1, 0.15) is 6.10 Å². The van der Waals surface area contributed by atoms with Crippen LogP contribution in [-0.2, 0) is 4.74 Å². The fourth-order valence-corrected chi connectivity index (χ4v) is 1.84. The molecule has 2 N–H and O–H groups in total. The highest BCUT2D eigenvalue weighted by atomic mass is 16.6. The molecule has 1 fully saturated rings. The highest BCUT2D eigenvalue weighted by molar-refractivity contribution is 5.98. The van der Waals surface area contributed by atoms with Crippen molar-refractivity contribution in [3.63, 3.8) is 0 Å². The normalized spacial score (nSPS) is 18.7. The number of carbonyl (C=O) groups excluding carboxylic acids is 1. The zero-order valence-corrected chi connectivity index (χ0v) is 10.3. The van der Waals surface area contributed by atoms with E-state index in [9.17, 15) is 4.79 Å². The molecular formula is C13H17NO4. The molecule has 0 radical (unpaired) electrons.